The molecule has 17 heavy (non-hydrogen) atoms. The third kappa shape index (κ3) is 3.96. The van der Waals surface area contributed by atoms with Gasteiger partial charge in [-0.25, -0.2) is 4.98 Å². The Bertz CT molecular complexity index is 358. The molecule has 0 fully saturated rings. The van der Waals surface area contributed by atoms with Gasteiger partial charge in [0.05, 0.1) is 9.88 Å². The molecule has 0 saturated heterocycles. The van der Waals surface area contributed by atoms with Gasteiger partial charge >= 0.3 is 6.18 Å². The predicted molar refractivity (Wildman–Crippen MR) is 63.2 cm³/mol. The largest absolute Gasteiger partial charge is 0.434 e. The standard InChI is InChI=1S/C11H17F3N2S/c1-4-5-15-6-8-9(11(12,13)14)16-10(17-8)7(2)3/h7,15H,4-6H2,1-3H3. The Morgan fingerprint density at radius 2 is 2.00 bits per heavy atom. The van der Waals surface area contributed by atoms with Crippen LogP contribution in [0.4, 0.5) is 13.2 Å². The van der Waals surface area contributed by atoms with Crippen LogP contribution in [0.2, 0.25) is 0 Å². The smallest absolute Gasteiger partial charge is 0.312 e. The molecule has 0 aromatic carbocycles. The van der Waals surface area contributed by atoms with Gasteiger partial charge in [0.15, 0.2) is 5.69 Å². The topological polar surface area (TPSA) is 24.9 Å². The van der Waals surface area contributed by atoms with Crippen molar-refractivity contribution in [2.24, 2.45) is 0 Å². The lowest BCUT2D eigenvalue weighted by Gasteiger charge is -2.06. The molecule has 0 aliphatic heterocycles. The molecule has 0 aliphatic carbocycles. The molecule has 0 atom stereocenters. The molecule has 0 spiro atoms. The van der Waals surface area contributed by atoms with Crippen molar-refractivity contribution in [2.75, 3.05) is 6.54 Å². The van der Waals surface area contributed by atoms with Crippen LogP contribution in [0.25, 0.3) is 0 Å². The van der Waals surface area contributed by atoms with Crippen LogP contribution in [0.3, 0.4) is 0 Å². The van der Waals surface area contributed by atoms with Gasteiger partial charge in [0.25, 0.3) is 0 Å². The summed E-state index contributed by atoms with van der Waals surface area (Å²) in [5.41, 5.74) is -0.727. The maximum Gasteiger partial charge on any atom is 0.434 e. The molecule has 1 aromatic rings. The van der Waals surface area contributed by atoms with E-state index in [9.17, 15) is 13.2 Å². The SMILES string of the molecule is CCCNCc1sc(C(C)C)nc1C(F)(F)F. The number of halogens is 3. The van der Waals surface area contributed by atoms with Gasteiger partial charge in [-0.15, -0.1) is 11.3 Å². The van der Waals surface area contributed by atoms with Crippen molar-refractivity contribution in [2.45, 2.75) is 45.8 Å². The third-order valence-corrected chi connectivity index (χ3v) is 3.54. The lowest BCUT2D eigenvalue weighted by atomic mass is 10.2. The number of nitrogens with zero attached hydrogens (tertiary/aromatic N) is 1. The van der Waals surface area contributed by atoms with Crippen LogP contribution in [-0.2, 0) is 12.7 Å². The number of hydrogen-bond donors (Lipinski definition) is 1. The first kappa shape index (κ1) is 14.4. The highest BCUT2D eigenvalue weighted by Crippen LogP contribution is 2.36. The van der Waals surface area contributed by atoms with Crippen LogP contribution in [0.5, 0.6) is 0 Å². The quantitative estimate of drug-likeness (QED) is 0.820. The van der Waals surface area contributed by atoms with Crippen LogP contribution in [0, 0.1) is 0 Å². The third-order valence-electron chi connectivity index (χ3n) is 2.19. The molecule has 0 amide bonds. The lowest BCUT2D eigenvalue weighted by molar-refractivity contribution is -0.141. The number of hydrogen-bond acceptors (Lipinski definition) is 3. The van der Waals surface area contributed by atoms with Gasteiger partial charge < -0.3 is 5.32 Å². The van der Waals surface area contributed by atoms with E-state index in [0.29, 0.717) is 11.6 Å². The van der Waals surface area contributed by atoms with Crippen molar-refractivity contribution < 1.29 is 13.2 Å². The van der Waals surface area contributed by atoms with Crippen molar-refractivity contribution in [1.29, 1.82) is 0 Å². The van der Waals surface area contributed by atoms with Gasteiger partial charge in [-0.3, -0.25) is 0 Å². The molecular formula is C11H17F3N2S. The van der Waals surface area contributed by atoms with Gasteiger partial charge in [-0.05, 0) is 13.0 Å². The molecule has 6 heteroatoms. The van der Waals surface area contributed by atoms with E-state index in [4.69, 9.17) is 0 Å². The van der Waals surface area contributed by atoms with Crippen LogP contribution in [0.15, 0.2) is 0 Å². The first-order valence-electron chi connectivity index (χ1n) is 5.63. The minimum Gasteiger partial charge on any atom is -0.312 e. The van der Waals surface area contributed by atoms with E-state index in [1.54, 1.807) is 0 Å². The summed E-state index contributed by atoms with van der Waals surface area (Å²) < 4.78 is 38.3. The van der Waals surface area contributed by atoms with Crippen molar-refractivity contribution in [3.8, 4) is 0 Å². The zero-order valence-electron chi connectivity index (χ0n) is 10.2. The molecule has 98 valence electrons. The highest BCUT2D eigenvalue weighted by Gasteiger charge is 2.37. The lowest BCUT2D eigenvalue weighted by Crippen LogP contribution is -2.17. The second-order valence-electron chi connectivity index (χ2n) is 4.15. The van der Waals surface area contributed by atoms with E-state index < -0.39 is 11.9 Å². The second kappa shape index (κ2) is 5.82. The highest BCUT2D eigenvalue weighted by atomic mass is 32.1. The fraction of sp³-hybridized carbons (Fsp3) is 0.727. The first-order valence-corrected chi connectivity index (χ1v) is 6.45. The molecule has 2 nitrogen and oxygen atoms in total. The fourth-order valence-electron chi connectivity index (χ4n) is 1.34. The van der Waals surface area contributed by atoms with Crippen molar-refractivity contribution >= 4 is 11.3 Å². The summed E-state index contributed by atoms with van der Waals surface area (Å²) in [7, 11) is 0. The molecule has 0 unspecified atom stereocenters. The average Bonchev–Trinajstić information content (AvgIpc) is 2.62. The van der Waals surface area contributed by atoms with Crippen LogP contribution in [-0.4, -0.2) is 11.5 Å². The molecule has 0 saturated carbocycles. The van der Waals surface area contributed by atoms with Crippen molar-refractivity contribution in [3.05, 3.63) is 15.6 Å². The number of aromatic nitrogens is 1. The zero-order chi connectivity index (χ0) is 13.1. The molecular weight excluding hydrogens is 249 g/mol. The van der Waals surface area contributed by atoms with E-state index in [1.165, 1.54) is 0 Å². The second-order valence-corrected chi connectivity index (χ2v) is 5.27. The summed E-state index contributed by atoms with van der Waals surface area (Å²) >= 11 is 1.15. The molecule has 0 bridgehead atoms. The predicted octanol–water partition coefficient (Wildman–Crippen LogP) is 3.78. The minimum absolute atomic E-state index is 0.0287. The van der Waals surface area contributed by atoms with Crippen molar-refractivity contribution in [1.82, 2.24) is 10.3 Å². The van der Waals surface area contributed by atoms with Crippen molar-refractivity contribution in [3.63, 3.8) is 0 Å². The minimum atomic E-state index is -4.35. The number of nitrogens with one attached hydrogen (secondary N) is 1. The van der Waals surface area contributed by atoms with E-state index >= 15 is 0 Å². The van der Waals surface area contributed by atoms with Gasteiger partial charge in [-0.1, -0.05) is 20.8 Å². The Morgan fingerprint density at radius 3 is 2.47 bits per heavy atom. The molecule has 0 aliphatic rings. The molecule has 1 heterocycles. The molecule has 1 rings (SSSR count). The Labute approximate surface area is 103 Å². The number of thiazole rings is 1. The van der Waals surface area contributed by atoms with Crippen LogP contribution in [0.1, 0.15) is 48.7 Å². The van der Waals surface area contributed by atoms with E-state index in [1.807, 2.05) is 20.8 Å². The Kier molecular flexibility index (Phi) is 4.94. The Balaban J connectivity index is 2.92. The van der Waals surface area contributed by atoms with Gasteiger partial charge in [0.1, 0.15) is 0 Å². The molecule has 0 radical (unpaired) electrons. The summed E-state index contributed by atoms with van der Waals surface area (Å²) in [4.78, 5) is 4.00. The first-order chi connectivity index (χ1) is 7.86. The fourth-order valence-corrected chi connectivity index (χ4v) is 2.39. The maximum atomic E-state index is 12.8. The molecule has 1 N–H and O–H groups in total. The highest BCUT2D eigenvalue weighted by molar-refractivity contribution is 7.11. The number of rotatable bonds is 5. The normalized spacial score (nSPS) is 12.4. The van der Waals surface area contributed by atoms with Crippen LogP contribution >= 0.6 is 11.3 Å². The van der Waals surface area contributed by atoms with E-state index in [0.717, 1.165) is 17.8 Å². The van der Waals surface area contributed by atoms with Gasteiger partial charge in [0.2, 0.25) is 0 Å². The van der Waals surface area contributed by atoms with E-state index in [2.05, 4.69) is 10.3 Å². The summed E-state index contributed by atoms with van der Waals surface area (Å²) in [6, 6.07) is 0. The Hall–Kier alpha value is -0.620. The van der Waals surface area contributed by atoms with Crippen LogP contribution < -0.4 is 5.32 Å². The summed E-state index contributed by atoms with van der Waals surface area (Å²) in [6.45, 7) is 6.63. The van der Waals surface area contributed by atoms with E-state index in [-0.39, 0.29) is 17.3 Å². The monoisotopic (exact) mass is 266 g/mol. The zero-order valence-corrected chi connectivity index (χ0v) is 11.0. The number of alkyl halides is 3. The Morgan fingerprint density at radius 1 is 1.35 bits per heavy atom. The average molecular weight is 266 g/mol. The molecule has 1 aromatic heterocycles. The summed E-state index contributed by atoms with van der Waals surface area (Å²) in [5.74, 6) is 0.0287. The maximum absolute atomic E-state index is 12.8. The summed E-state index contributed by atoms with van der Waals surface area (Å²) in [5, 5.41) is 3.53. The van der Waals surface area contributed by atoms with Gasteiger partial charge in [0, 0.05) is 12.5 Å². The summed E-state index contributed by atoms with van der Waals surface area (Å²) in [6.07, 6.45) is -3.45. The van der Waals surface area contributed by atoms with Gasteiger partial charge in [-0.2, -0.15) is 13.2 Å².